The van der Waals surface area contributed by atoms with Crippen LogP contribution in [0.3, 0.4) is 0 Å². The minimum absolute atomic E-state index is 0.0711. The second-order valence-corrected chi connectivity index (χ2v) is 6.96. The van der Waals surface area contributed by atoms with Gasteiger partial charge in [-0.15, -0.1) is 0 Å². The van der Waals surface area contributed by atoms with Crippen molar-refractivity contribution in [2.75, 3.05) is 0 Å². The number of fused-ring (bicyclic) bond motifs is 2. The van der Waals surface area contributed by atoms with E-state index >= 15 is 0 Å². The van der Waals surface area contributed by atoms with Crippen molar-refractivity contribution in [3.05, 3.63) is 29.5 Å². The van der Waals surface area contributed by atoms with Crippen molar-refractivity contribution in [2.45, 2.75) is 51.1 Å². The molecule has 2 aliphatic heterocycles. The van der Waals surface area contributed by atoms with Crippen LogP contribution in [0.25, 0.3) is 11.2 Å². The Morgan fingerprint density at radius 1 is 1.23 bits per heavy atom. The van der Waals surface area contributed by atoms with E-state index in [1.54, 1.807) is 17.8 Å². The zero-order chi connectivity index (χ0) is 18.1. The molecule has 2 fully saturated rings. The average Bonchev–Trinajstić information content (AvgIpc) is 3.30. The van der Waals surface area contributed by atoms with Crippen LogP contribution < -0.4 is 0 Å². The summed E-state index contributed by atoms with van der Waals surface area (Å²) in [5, 5.41) is 3.91. The third-order valence-electron chi connectivity index (χ3n) is 4.31. The van der Waals surface area contributed by atoms with Crippen LogP contribution in [0, 0.1) is 13.1 Å². The fourth-order valence-corrected chi connectivity index (χ4v) is 3.49. The van der Waals surface area contributed by atoms with E-state index in [2.05, 4.69) is 31.3 Å². The Bertz CT molecular complexity index is 988. The number of nitrogens with zero attached hydrogens (tertiary/aromatic N) is 6. The summed E-state index contributed by atoms with van der Waals surface area (Å²) >= 11 is 5.91. The molecule has 0 bridgehead atoms. The monoisotopic (exact) mass is 377 g/mol. The highest BCUT2D eigenvalue weighted by atomic mass is 35.5. The predicted octanol–water partition coefficient (Wildman–Crippen LogP) is 1.76. The van der Waals surface area contributed by atoms with Crippen LogP contribution in [0.2, 0.25) is 5.28 Å². The van der Waals surface area contributed by atoms with Gasteiger partial charge < -0.3 is 18.7 Å². The van der Waals surface area contributed by atoms with Gasteiger partial charge in [-0.1, -0.05) is 5.16 Å². The minimum atomic E-state index is -0.778. The number of hydrogen-bond donors (Lipinski definition) is 0. The van der Waals surface area contributed by atoms with Crippen LogP contribution >= 0.6 is 11.6 Å². The molecule has 2 aliphatic rings. The zero-order valence-corrected chi connectivity index (χ0v) is 14.8. The fourth-order valence-electron chi connectivity index (χ4n) is 3.37. The fraction of sp³-hybridized carbons (Fsp3) is 0.533. The Kier molecular flexibility index (Phi) is 3.35. The third kappa shape index (κ3) is 2.41. The summed E-state index contributed by atoms with van der Waals surface area (Å²) in [6, 6.07) is 0. The summed E-state index contributed by atoms with van der Waals surface area (Å²) in [5.41, 5.74) is 0.967. The van der Waals surface area contributed by atoms with Gasteiger partial charge in [0, 0.05) is 0 Å². The number of ether oxygens (including phenoxy) is 3. The molecule has 0 aromatic carbocycles. The van der Waals surface area contributed by atoms with Gasteiger partial charge in [0.1, 0.15) is 23.9 Å². The van der Waals surface area contributed by atoms with Crippen molar-refractivity contribution in [3.63, 3.8) is 0 Å². The molecule has 0 N–H and O–H groups in total. The van der Waals surface area contributed by atoms with Gasteiger partial charge in [-0.2, -0.15) is 9.97 Å². The number of hydrogen-bond acceptors (Lipinski definition) is 9. The normalized spacial score (nSPS) is 30.2. The number of halogens is 1. The van der Waals surface area contributed by atoms with E-state index in [1.807, 2.05) is 13.8 Å². The summed E-state index contributed by atoms with van der Waals surface area (Å²) in [7, 11) is 0. The van der Waals surface area contributed by atoms with E-state index in [-0.39, 0.29) is 5.28 Å². The van der Waals surface area contributed by atoms with Crippen LogP contribution in [0.15, 0.2) is 10.9 Å². The molecule has 0 saturated carbocycles. The lowest BCUT2D eigenvalue weighted by atomic mass is 10.1. The first kappa shape index (κ1) is 16.1. The van der Waals surface area contributed by atoms with Crippen molar-refractivity contribution in [1.82, 2.24) is 29.7 Å². The molecule has 1 radical (unpaired) electrons. The van der Waals surface area contributed by atoms with Crippen molar-refractivity contribution in [2.24, 2.45) is 0 Å². The summed E-state index contributed by atoms with van der Waals surface area (Å²) < 4.78 is 25.3. The van der Waals surface area contributed by atoms with Gasteiger partial charge in [-0.25, -0.2) is 9.97 Å². The van der Waals surface area contributed by atoms with Crippen molar-refractivity contribution in [1.29, 1.82) is 0 Å². The average molecular weight is 378 g/mol. The Morgan fingerprint density at radius 3 is 2.81 bits per heavy atom. The largest absolute Gasteiger partial charge is 0.341 e. The summed E-state index contributed by atoms with van der Waals surface area (Å²) in [4.78, 5) is 16.6. The number of rotatable bonds is 2. The maximum atomic E-state index is 6.17. The molecule has 0 aliphatic carbocycles. The summed E-state index contributed by atoms with van der Waals surface area (Å²) in [5.74, 6) is 0.0775. The first-order chi connectivity index (χ1) is 12.4. The Hall–Kier alpha value is -2.14. The van der Waals surface area contributed by atoms with Gasteiger partial charge in [0.2, 0.25) is 5.28 Å². The SMILES string of the molecule is Cc1noc([C@H]2O[C@@H](n3cnc4[c]nc(Cl)nc43)[C@@H]3OC(C)(C)O[C@@H]32)n1. The Morgan fingerprint density at radius 2 is 2.04 bits per heavy atom. The molecule has 135 valence electrons. The molecule has 11 heteroatoms. The molecule has 10 nitrogen and oxygen atoms in total. The van der Waals surface area contributed by atoms with Crippen molar-refractivity contribution in [3.8, 4) is 0 Å². The Labute approximate surface area is 152 Å². The van der Waals surface area contributed by atoms with E-state index in [0.29, 0.717) is 22.9 Å². The first-order valence-electron chi connectivity index (χ1n) is 8.00. The van der Waals surface area contributed by atoms with Gasteiger partial charge in [0.25, 0.3) is 5.89 Å². The van der Waals surface area contributed by atoms with Crippen LogP contribution in [-0.4, -0.2) is 47.7 Å². The molecule has 3 aromatic rings. The molecule has 26 heavy (non-hydrogen) atoms. The predicted molar refractivity (Wildman–Crippen MR) is 84.9 cm³/mol. The molecule has 3 aromatic heterocycles. The van der Waals surface area contributed by atoms with Gasteiger partial charge in [-0.3, -0.25) is 4.57 Å². The Balaban J connectivity index is 1.59. The quantitative estimate of drug-likeness (QED) is 0.616. The highest BCUT2D eigenvalue weighted by molar-refractivity contribution is 6.28. The van der Waals surface area contributed by atoms with Gasteiger partial charge in [-0.05, 0) is 32.4 Å². The van der Waals surface area contributed by atoms with Crippen LogP contribution in [-0.2, 0) is 14.2 Å². The van der Waals surface area contributed by atoms with Crippen molar-refractivity contribution >= 4 is 22.8 Å². The van der Waals surface area contributed by atoms with Crippen LogP contribution in [0.1, 0.15) is 37.9 Å². The maximum absolute atomic E-state index is 6.17. The van der Waals surface area contributed by atoms with Gasteiger partial charge in [0.15, 0.2) is 29.6 Å². The molecule has 0 unspecified atom stereocenters. The smallest absolute Gasteiger partial charge is 0.258 e. The molecule has 5 heterocycles. The van der Waals surface area contributed by atoms with E-state index < -0.39 is 30.3 Å². The molecule has 2 saturated heterocycles. The topological polar surface area (TPSA) is 110 Å². The molecular weight excluding hydrogens is 364 g/mol. The summed E-state index contributed by atoms with van der Waals surface area (Å²) in [6.07, 6.45) is 2.34. The van der Waals surface area contributed by atoms with Crippen LogP contribution in [0.5, 0.6) is 0 Å². The zero-order valence-electron chi connectivity index (χ0n) is 14.1. The van der Waals surface area contributed by atoms with E-state index in [0.717, 1.165) is 0 Å². The molecular formula is C15H14ClN6O4. The lowest BCUT2D eigenvalue weighted by Gasteiger charge is -2.23. The lowest BCUT2D eigenvalue weighted by molar-refractivity contribution is -0.199. The number of aryl methyl sites for hydroxylation is 1. The molecule has 4 atom stereocenters. The molecule has 0 spiro atoms. The van der Waals surface area contributed by atoms with Gasteiger partial charge >= 0.3 is 0 Å². The minimum Gasteiger partial charge on any atom is -0.341 e. The highest BCUT2D eigenvalue weighted by Gasteiger charge is 2.58. The number of aromatic nitrogens is 6. The maximum Gasteiger partial charge on any atom is 0.258 e. The highest BCUT2D eigenvalue weighted by Crippen LogP contribution is 2.49. The standard InChI is InChI=1S/C15H14ClN6O4/c1-6-19-12(26-21-6)9-8-10(25-15(2,3)24-8)13(23-9)22-5-18-7-4-17-14(16)20-11(7)22/h5,8-10,13H,1-3H3/t8-,9+,10-,13-/m1/s1. The number of imidazole rings is 1. The van der Waals surface area contributed by atoms with Gasteiger partial charge in [0.05, 0.1) is 6.33 Å². The molecule has 5 rings (SSSR count). The van der Waals surface area contributed by atoms with Crippen LogP contribution in [0.4, 0.5) is 0 Å². The van der Waals surface area contributed by atoms with E-state index in [1.165, 1.54) is 0 Å². The van der Waals surface area contributed by atoms with Crippen molar-refractivity contribution < 1.29 is 18.7 Å². The molecule has 0 amide bonds. The van der Waals surface area contributed by atoms with E-state index in [4.69, 9.17) is 30.3 Å². The third-order valence-corrected chi connectivity index (χ3v) is 4.48. The lowest BCUT2D eigenvalue weighted by Crippen LogP contribution is -2.27. The summed E-state index contributed by atoms with van der Waals surface area (Å²) in [6.45, 7) is 5.43. The van der Waals surface area contributed by atoms with E-state index in [9.17, 15) is 0 Å². The first-order valence-corrected chi connectivity index (χ1v) is 8.38. The second kappa shape index (κ2) is 5.43. The second-order valence-electron chi connectivity index (χ2n) is 6.62.